The van der Waals surface area contributed by atoms with Crippen LogP contribution in [0.4, 0.5) is 36.1 Å². The molecule has 0 radical (unpaired) electrons. The number of hydrogen-bond donors (Lipinski definition) is 2. The number of carbonyl (C=O) groups excluding carboxylic acids is 1. The molecule has 0 bridgehead atoms. The number of benzene rings is 1. The molecule has 2 fully saturated rings. The number of carbonyl (C=O) groups is 1. The molecule has 1 saturated heterocycles. The van der Waals surface area contributed by atoms with Crippen molar-refractivity contribution < 1.29 is 22.7 Å². The minimum absolute atomic E-state index is 0.00115. The van der Waals surface area contributed by atoms with Crippen molar-refractivity contribution in [1.82, 2.24) is 10.3 Å². The van der Waals surface area contributed by atoms with Crippen LogP contribution in [-0.4, -0.2) is 55.5 Å². The molecular formula is C27H34F3N5O2. The second-order valence-corrected chi connectivity index (χ2v) is 10.1. The lowest BCUT2D eigenvalue weighted by molar-refractivity contribution is -0.159. The topological polar surface area (TPSA) is 69.7 Å². The molecule has 2 aromatic rings. The highest BCUT2D eigenvalue weighted by Gasteiger charge is 2.40. The zero-order chi connectivity index (χ0) is 26.0. The quantitative estimate of drug-likeness (QED) is 0.582. The third-order valence-corrected chi connectivity index (χ3v) is 7.70. The molecule has 1 amide bonds. The van der Waals surface area contributed by atoms with Crippen LogP contribution in [0.3, 0.4) is 0 Å². The van der Waals surface area contributed by atoms with Crippen LogP contribution in [0.5, 0.6) is 0 Å². The molecule has 200 valence electrons. The largest absolute Gasteiger partial charge is 0.403 e. The summed E-state index contributed by atoms with van der Waals surface area (Å²) in [5, 5.41) is 6.19. The summed E-state index contributed by atoms with van der Waals surface area (Å²) in [6.07, 6.45) is -0.311. The highest BCUT2D eigenvalue weighted by Crippen LogP contribution is 2.40. The smallest absolute Gasteiger partial charge is 0.378 e. The fourth-order valence-electron chi connectivity index (χ4n) is 5.58. The molecule has 0 unspecified atom stereocenters. The first kappa shape index (κ1) is 25.8. The van der Waals surface area contributed by atoms with Crippen LogP contribution in [0, 0.1) is 5.92 Å². The highest BCUT2D eigenvalue weighted by atomic mass is 19.4. The molecule has 1 aromatic heterocycles. The van der Waals surface area contributed by atoms with E-state index in [9.17, 15) is 18.0 Å². The van der Waals surface area contributed by atoms with E-state index < -0.39 is 12.2 Å². The van der Waals surface area contributed by atoms with E-state index in [1.165, 1.54) is 0 Å². The molecule has 0 spiro atoms. The van der Waals surface area contributed by atoms with Crippen molar-refractivity contribution in [2.45, 2.75) is 63.8 Å². The van der Waals surface area contributed by atoms with Crippen LogP contribution in [-0.2, 0) is 16.1 Å². The number of aromatic nitrogens is 1. The van der Waals surface area contributed by atoms with Crippen molar-refractivity contribution in [2.24, 2.45) is 5.92 Å². The van der Waals surface area contributed by atoms with E-state index in [1.54, 1.807) is 13.1 Å². The molecule has 5 rings (SSSR count). The van der Waals surface area contributed by atoms with Crippen LogP contribution in [0.25, 0.3) is 0 Å². The number of pyridine rings is 1. The van der Waals surface area contributed by atoms with Gasteiger partial charge in [-0.25, -0.2) is 4.98 Å². The molecule has 10 heteroatoms. The van der Waals surface area contributed by atoms with Gasteiger partial charge in [0.2, 0.25) is 5.91 Å². The maximum Gasteiger partial charge on any atom is 0.403 e. The van der Waals surface area contributed by atoms with Crippen LogP contribution >= 0.6 is 0 Å². The molecule has 2 N–H and O–H groups in total. The number of fused-ring (bicyclic) bond motifs is 2. The van der Waals surface area contributed by atoms with Crippen molar-refractivity contribution in [1.29, 1.82) is 0 Å². The van der Waals surface area contributed by atoms with E-state index >= 15 is 0 Å². The number of morpholine rings is 1. The normalized spacial score (nSPS) is 22.9. The Labute approximate surface area is 215 Å². The number of ether oxygens (including phenoxy) is 1. The van der Waals surface area contributed by atoms with Crippen LogP contribution in [0.2, 0.25) is 0 Å². The predicted molar refractivity (Wildman–Crippen MR) is 137 cm³/mol. The van der Waals surface area contributed by atoms with E-state index in [2.05, 4.69) is 32.7 Å². The van der Waals surface area contributed by atoms with Crippen molar-refractivity contribution in [2.75, 3.05) is 41.4 Å². The van der Waals surface area contributed by atoms with Gasteiger partial charge in [-0.1, -0.05) is 13.0 Å². The van der Waals surface area contributed by atoms with Crippen LogP contribution in [0.15, 0.2) is 36.5 Å². The molecule has 3 heterocycles. The summed E-state index contributed by atoms with van der Waals surface area (Å²) >= 11 is 0. The van der Waals surface area contributed by atoms with Gasteiger partial charge >= 0.3 is 6.18 Å². The van der Waals surface area contributed by atoms with Gasteiger partial charge in [-0.05, 0) is 56.4 Å². The Kier molecular flexibility index (Phi) is 7.57. The van der Waals surface area contributed by atoms with Crippen LogP contribution in [0.1, 0.15) is 44.6 Å². The monoisotopic (exact) mass is 517 g/mol. The van der Waals surface area contributed by atoms with E-state index in [0.29, 0.717) is 45.4 Å². The number of amides is 1. The second kappa shape index (κ2) is 10.9. The number of alkyl halides is 3. The van der Waals surface area contributed by atoms with Crippen LogP contribution < -0.4 is 20.4 Å². The SMILES string of the molecule is CC[C@@H](N[C@H]1CC[C@H](C(=O)N2Cc3cccnc3Nc3ccc(N4CCOCC4)cc32)CC1)C(F)(F)F. The van der Waals surface area contributed by atoms with E-state index in [0.717, 1.165) is 41.5 Å². The molecule has 1 atom stereocenters. The molecule has 1 aliphatic carbocycles. The Morgan fingerprint density at radius 3 is 2.65 bits per heavy atom. The third kappa shape index (κ3) is 5.70. The molecule has 2 aliphatic heterocycles. The summed E-state index contributed by atoms with van der Waals surface area (Å²) in [5.74, 6) is 0.506. The Morgan fingerprint density at radius 1 is 1.19 bits per heavy atom. The molecular weight excluding hydrogens is 483 g/mol. The second-order valence-electron chi connectivity index (χ2n) is 10.1. The molecule has 1 aromatic carbocycles. The zero-order valence-corrected chi connectivity index (χ0v) is 21.1. The lowest BCUT2D eigenvalue weighted by atomic mass is 9.84. The average Bonchev–Trinajstić information content (AvgIpc) is 3.08. The number of hydrogen-bond acceptors (Lipinski definition) is 6. The minimum Gasteiger partial charge on any atom is -0.378 e. The number of rotatable bonds is 5. The first-order chi connectivity index (χ1) is 17.8. The number of nitrogens with one attached hydrogen (secondary N) is 2. The standard InChI is InChI=1S/C27H34F3N5O2/c1-2-24(27(28,29)30)32-20-7-5-18(6-8-20)26(36)35-17-19-4-3-11-31-25(19)33-22-10-9-21(16-23(22)35)34-12-14-37-15-13-34/h3-4,9-11,16,18,20,24,32H,2,5-8,12-15,17H2,1H3,(H,31,33)/t18-,20-,24-/m1/s1. The van der Waals surface area contributed by atoms with E-state index in [4.69, 9.17) is 4.74 Å². The molecule has 3 aliphatic rings. The number of nitrogens with zero attached hydrogens (tertiary/aromatic N) is 3. The van der Waals surface area contributed by atoms with E-state index in [-0.39, 0.29) is 24.3 Å². The summed E-state index contributed by atoms with van der Waals surface area (Å²) in [5.41, 5.74) is 3.57. The Hall–Kier alpha value is -2.85. The minimum atomic E-state index is -4.26. The predicted octanol–water partition coefficient (Wildman–Crippen LogP) is 5.00. The van der Waals surface area contributed by atoms with Gasteiger partial charge in [0.1, 0.15) is 11.9 Å². The third-order valence-electron chi connectivity index (χ3n) is 7.70. The molecule has 7 nitrogen and oxygen atoms in total. The fourth-order valence-corrected chi connectivity index (χ4v) is 5.58. The van der Waals surface area contributed by atoms with E-state index in [1.807, 2.05) is 23.1 Å². The Bertz CT molecular complexity index is 1100. The number of halogens is 3. The zero-order valence-electron chi connectivity index (χ0n) is 21.1. The van der Waals surface area contributed by atoms with Gasteiger partial charge in [0, 0.05) is 42.5 Å². The Balaban J connectivity index is 1.36. The lowest BCUT2D eigenvalue weighted by Gasteiger charge is -2.35. The van der Waals surface area contributed by atoms with Gasteiger partial charge < -0.3 is 25.2 Å². The summed E-state index contributed by atoms with van der Waals surface area (Å²) < 4.78 is 45.2. The van der Waals surface area contributed by atoms with Gasteiger partial charge in [0.25, 0.3) is 0 Å². The van der Waals surface area contributed by atoms with Gasteiger partial charge in [0.15, 0.2) is 0 Å². The van der Waals surface area contributed by atoms with Gasteiger partial charge in [-0.3, -0.25) is 4.79 Å². The maximum absolute atomic E-state index is 14.0. The maximum atomic E-state index is 14.0. The van der Waals surface area contributed by atoms with Crippen molar-refractivity contribution in [3.8, 4) is 0 Å². The van der Waals surface area contributed by atoms with Crippen molar-refractivity contribution >= 4 is 28.8 Å². The molecule has 37 heavy (non-hydrogen) atoms. The van der Waals surface area contributed by atoms with Crippen molar-refractivity contribution in [3.05, 3.63) is 42.1 Å². The van der Waals surface area contributed by atoms with Gasteiger partial charge in [-0.15, -0.1) is 0 Å². The average molecular weight is 518 g/mol. The fraction of sp³-hybridized carbons (Fsp3) is 0.556. The summed E-state index contributed by atoms with van der Waals surface area (Å²) in [7, 11) is 0. The lowest BCUT2D eigenvalue weighted by Crippen LogP contribution is -2.49. The highest BCUT2D eigenvalue weighted by molar-refractivity contribution is 6.00. The summed E-state index contributed by atoms with van der Waals surface area (Å²) in [4.78, 5) is 22.5. The first-order valence-corrected chi connectivity index (χ1v) is 13.1. The summed E-state index contributed by atoms with van der Waals surface area (Å²) in [6, 6.07) is 8.19. The first-order valence-electron chi connectivity index (χ1n) is 13.1. The number of anilines is 4. The Morgan fingerprint density at radius 2 is 1.95 bits per heavy atom. The molecule has 1 saturated carbocycles. The summed E-state index contributed by atoms with van der Waals surface area (Å²) in [6.45, 7) is 4.84. The van der Waals surface area contributed by atoms with Gasteiger partial charge in [0.05, 0.1) is 31.1 Å². The van der Waals surface area contributed by atoms with Crippen molar-refractivity contribution in [3.63, 3.8) is 0 Å². The van der Waals surface area contributed by atoms with Gasteiger partial charge in [-0.2, -0.15) is 13.2 Å².